The van der Waals surface area contributed by atoms with Gasteiger partial charge in [0, 0.05) is 41.8 Å². The van der Waals surface area contributed by atoms with Gasteiger partial charge in [0.1, 0.15) is 0 Å². The lowest BCUT2D eigenvalue weighted by Crippen LogP contribution is -1.98. The summed E-state index contributed by atoms with van der Waals surface area (Å²) >= 11 is 0. The van der Waals surface area contributed by atoms with Crippen LogP contribution in [0.15, 0.2) is 49.1 Å². The molecule has 0 aliphatic carbocycles. The maximum Gasteiger partial charge on any atom is 0.0690 e. The van der Waals surface area contributed by atoms with Crippen molar-refractivity contribution in [1.29, 1.82) is 0 Å². The summed E-state index contributed by atoms with van der Waals surface area (Å²) in [5.74, 6) is 0. The number of hydrogen-bond acceptors (Lipinski definition) is 3. The summed E-state index contributed by atoms with van der Waals surface area (Å²) in [5.41, 5.74) is 9.90. The van der Waals surface area contributed by atoms with Gasteiger partial charge in [-0.1, -0.05) is 18.2 Å². The SMILES string of the molecule is Cn1cc(Cn2cc(-c3ccccc3N)cn2)cn1. The molecule has 3 rings (SSSR count). The zero-order valence-electron chi connectivity index (χ0n) is 10.7. The Morgan fingerprint density at radius 2 is 1.95 bits per heavy atom. The number of nitrogens with two attached hydrogens (primary N) is 1. The van der Waals surface area contributed by atoms with Crippen molar-refractivity contribution in [3.63, 3.8) is 0 Å². The molecule has 0 atom stereocenters. The Bertz CT molecular complexity index is 695. The van der Waals surface area contributed by atoms with Gasteiger partial charge < -0.3 is 5.73 Å². The average Bonchev–Trinajstić information content (AvgIpc) is 3.00. The summed E-state index contributed by atoms with van der Waals surface area (Å²) in [6.45, 7) is 0.709. The van der Waals surface area contributed by atoms with Gasteiger partial charge in [-0.25, -0.2) is 0 Å². The maximum absolute atomic E-state index is 5.97. The van der Waals surface area contributed by atoms with E-state index in [0.29, 0.717) is 6.54 Å². The van der Waals surface area contributed by atoms with Crippen molar-refractivity contribution in [3.8, 4) is 11.1 Å². The minimum absolute atomic E-state index is 0.709. The molecule has 0 amide bonds. The molecule has 2 heterocycles. The highest BCUT2D eigenvalue weighted by atomic mass is 15.3. The number of benzene rings is 1. The molecule has 2 N–H and O–H groups in total. The topological polar surface area (TPSA) is 61.7 Å². The number of para-hydroxylation sites is 1. The van der Waals surface area contributed by atoms with E-state index in [-0.39, 0.29) is 0 Å². The first kappa shape index (κ1) is 11.5. The molecule has 96 valence electrons. The molecule has 0 saturated heterocycles. The Morgan fingerprint density at radius 3 is 2.68 bits per heavy atom. The first-order valence-corrected chi connectivity index (χ1v) is 6.07. The van der Waals surface area contributed by atoms with Crippen LogP contribution in [0.25, 0.3) is 11.1 Å². The average molecular weight is 253 g/mol. The van der Waals surface area contributed by atoms with Gasteiger partial charge in [0.15, 0.2) is 0 Å². The van der Waals surface area contributed by atoms with Crippen LogP contribution in [0.2, 0.25) is 0 Å². The van der Waals surface area contributed by atoms with Crippen molar-refractivity contribution in [1.82, 2.24) is 19.6 Å². The Kier molecular flexibility index (Phi) is 2.79. The van der Waals surface area contributed by atoms with Gasteiger partial charge in [0.2, 0.25) is 0 Å². The van der Waals surface area contributed by atoms with Crippen molar-refractivity contribution in [3.05, 3.63) is 54.6 Å². The zero-order chi connectivity index (χ0) is 13.2. The minimum atomic E-state index is 0.709. The lowest BCUT2D eigenvalue weighted by molar-refractivity contribution is 0.685. The molecule has 0 aliphatic heterocycles. The third-order valence-electron chi connectivity index (χ3n) is 3.01. The van der Waals surface area contributed by atoms with E-state index < -0.39 is 0 Å². The fourth-order valence-electron chi connectivity index (χ4n) is 2.09. The number of anilines is 1. The van der Waals surface area contributed by atoms with E-state index in [9.17, 15) is 0 Å². The lowest BCUT2D eigenvalue weighted by atomic mass is 10.1. The van der Waals surface area contributed by atoms with E-state index in [1.54, 1.807) is 4.68 Å². The molecular formula is C14H15N5. The van der Waals surface area contributed by atoms with E-state index in [1.807, 2.05) is 60.8 Å². The maximum atomic E-state index is 5.97. The molecular weight excluding hydrogens is 238 g/mol. The first-order chi connectivity index (χ1) is 9.22. The summed E-state index contributed by atoms with van der Waals surface area (Å²) in [7, 11) is 1.91. The van der Waals surface area contributed by atoms with E-state index in [4.69, 9.17) is 5.73 Å². The molecule has 3 aromatic rings. The third kappa shape index (κ3) is 2.35. The number of hydrogen-bond donors (Lipinski definition) is 1. The van der Waals surface area contributed by atoms with Crippen LogP contribution in [0.4, 0.5) is 5.69 Å². The van der Waals surface area contributed by atoms with Crippen molar-refractivity contribution in [2.75, 3.05) is 5.73 Å². The smallest absolute Gasteiger partial charge is 0.0690 e. The minimum Gasteiger partial charge on any atom is -0.398 e. The third-order valence-corrected chi connectivity index (χ3v) is 3.01. The van der Waals surface area contributed by atoms with E-state index in [2.05, 4.69) is 10.2 Å². The molecule has 0 unspecified atom stereocenters. The number of rotatable bonds is 3. The van der Waals surface area contributed by atoms with Gasteiger partial charge >= 0.3 is 0 Å². The highest BCUT2D eigenvalue weighted by Crippen LogP contribution is 2.24. The van der Waals surface area contributed by atoms with Crippen LogP contribution < -0.4 is 5.73 Å². The monoisotopic (exact) mass is 253 g/mol. The Hall–Kier alpha value is -2.56. The van der Waals surface area contributed by atoms with Gasteiger partial charge in [-0.3, -0.25) is 9.36 Å². The molecule has 0 aliphatic rings. The standard InChI is InChI=1S/C14H15N5/c1-18-8-11(6-16-18)9-19-10-12(7-17-19)13-4-2-3-5-14(13)15/h2-8,10H,9,15H2,1H3. The largest absolute Gasteiger partial charge is 0.398 e. The number of nitrogen functional groups attached to an aromatic ring is 1. The second-order valence-electron chi connectivity index (χ2n) is 4.54. The highest BCUT2D eigenvalue weighted by Gasteiger charge is 2.05. The Balaban J connectivity index is 1.86. The molecule has 19 heavy (non-hydrogen) atoms. The summed E-state index contributed by atoms with van der Waals surface area (Å²) < 4.78 is 3.67. The second kappa shape index (κ2) is 4.61. The van der Waals surface area contributed by atoms with Crippen LogP contribution in [-0.4, -0.2) is 19.6 Å². The van der Waals surface area contributed by atoms with Crippen molar-refractivity contribution in [2.45, 2.75) is 6.54 Å². The fraction of sp³-hybridized carbons (Fsp3) is 0.143. The Morgan fingerprint density at radius 1 is 1.11 bits per heavy atom. The zero-order valence-corrected chi connectivity index (χ0v) is 10.7. The Labute approximate surface area is 111 Å². The second-order valence-corrected chi connectivity index (χ2v) is 4.54. The summed E-state index contributed by atoms with van der Waals surface area (Å²) in [4.78, 5) is 0. The molecule has 5 heteroatoms. The summed E-state index contributed by atoms with van der Waals surface area (Å²) in [6.07, 6.45) is 7.66. The predicted octanol–water partition coefficient (Wildman–Crippen LogP) is 1.91. The van der Waals surface area contributed by atoms with Crippen LogP contribution in [0.5, 0.6) is 0 Å². The lowest BCUT2D eigenvalue weighted by Gasteiger charge is -2.01. The van der Waals surface area contributed by atoms with Crippen LogP contribution >= 0.6 is 0 Å². The van der Waals surface area contributed by atoms with Crippen LogP contribution in [0.1, 0.15) is 5.56 Å². The fourth-order valence-corrected chi connectivity index (χ4v) is 2.09. The molecule has 0 radical (unpaired) electrons. The quantitative estimate of drug-likeness (QED) is 0.725. The molecule has 2 aromatic heterocycles. The van der Waals surface area contributed by atoms with Gasteiger partial charge in [-0.05, 0) is 6.07 Å². The van der Waals surface area contributed by atoms with Crippen LogP contribution in [-0.2, 0) is 13.6 Å². The summed E-state index contributed by atoms with van der Waals surface area (Å²) in [5, 5.41) is 8.51. The van der Waals surface area contributed by atoms with Gasteiger partial charge in [0.25, 0.3) is 0 Å². The van der Waals surface area contributed by atoms with Crippen molar-refractivity contribution >= 4 is 5.69 Å². The molecule has 0 spiro atoms. The molecule has 5 nitrogen and oxygen atoms in total. The normalized spacial score (nSPS) is 10.8. The number of aromatic nitrogens is 4. The van der Waals surface area contributed by atoms with Gasteiger partial charge in [-0.2, -0.15) is 10.2 Å². The predicted molar refractivity (Wildman–Crippen MR) is 74.4 cm³/mol. The first-order valence-electron chi connectivity index (χ1n) is 6.07. The molecule has 0 saturated carbocycles. The molecule has 0 bridgehead atoms. The highest BCUT2D eigenvalue weighted by molar-refractivity contribution is 5.75. The van der Waals surface area contributed by atoms with E-state index in [0.717, 1.165) is 22.4 Å². The molecule has 1 aromatic carbocycles. The molecule has 0 fully saturated rings. The van der Waals surface area contributed by atoms with Gasteiger partial charge in [-0.15, -0.1) is 0 Å². The van der Waals surface area contributed by atoms with E-state index in [1.165, 1.54) is 0 Å². The summed E-state index contributed by atoms with van der Waals surface area (Å²) in [6, 6.07) is 7.80. The van der Waals surface area contributed by atoms with Gasteiger partial charge in [0.05, 0.1) is 18.9 Å². The van der Waals surface area contributed by atoms with Crippen molar-refractivity contribution in [2.24, 2.45) is 7.05 Å². The number of aryl methyl sites for hydroxylation is 1. The number of nitrogens with zero attached hydrogens (tertiary/aromatic N) is 4. The van der Waals surface area contributed by atoms with Crippen LogP contribution in [0.3, 0.4) is 0 Å². The van der Waals surface area contributed by atoms with Crippen LogP contribution in [0, 0.1) is 0 Å². The van der Waals surface area contributed by atoms with Crippen molar-refractivity contribution < 1.29 is 0 Å². The van der Waals surface area contributed by atoms with E-state index >= 15 is 0 Å².